The maximum Gasteiger partial charge on any atom is 0.463 e. The number of anilines is 1. The fraction of sp³-hybridized carbons (Fsp3) is 0.333. The van der Waals surface area contributed by atoms with Gasteiger partial charge >= 0.3 is 17.6 Å². The molecule has 0 atom stereocenters. The van der Waals surface area contributed by atoms with Crippen LogP contribution in [0, 0.1) is 0 Å². The van der Waals surface area contributed by atoms with Crippen LogP contribution in [0.5, 0.6) is 0 Å². The van der Waals surface area contributed by atoms with Crippen molar-refractivity contribution in [2.45, 2.75) is 26.2 Å². The molecule has 0 spiro atoms. The monoisotopic (exact) mass is 317 g/mol. The summed E-state index contributed by atoms with van der Waals surface area (Å²) in [6.45, 7) is 5.44. The van der Waals surface area contributed by atoms with E-state index in [0.717, 1.165) is 5.56 Å². The molecule has 1 amide bonds. The van der Waals surface area contributed by atoms with Crippen molar-refractivity contribution in [3.63, 3.8) is 0 Å². The van der Waals surface area contributed by atoms with Gasteiger partial charge in [-0.25, -0.2) is 4.79 Å². The first-order valence-corrected chi connectivity index (χ1v) is 7.14. The molecule has 0 N–H and O–H groups in total. The minimum absolute atomic E-state index is 0.0671. The largest absolute Gasteiger partial charge is 0.463 e. The van der Waals surface area contributed by atoms with Crippen molar-refractivity contribution in [3.05, 3.63) is 35.4 Å². The van der Waals surface area contributed by atoms with Gasteiger partial charge in [-0.3, -0.25) is 9.69 Å². The Hall–Kier alpha value is -2.37. The van der Waals surface area contributed by atoms with Crippen LogP contribution in [0.2, 0.25) is 0 Å². The van der Waals surface area contributed by atoms with Crippen molar-refractivity contribution < 1.29 is 19.1 Å². The van der Waals surface area contributed by atoms with E-state index in [0.29, 0.717) is 10.7 Å². The predicted octanol–water partition coefficient (Wildman–Crippen LogP) is 1.87. The summed E-state index contributed by atoms with van der Waals surface area (Å²) in [6.07, 6.45) is 0. The van der Waals surface area contributed by atoms with Crippen LogP contribution in [-0.2, 0) is 19.7 Å². The van der Waals surface area contributed by atoms with Crippen LogP contribution < -0.4 is 4.90 Å². The fourth-order valence-corrected chi connectivity index (χ4v) is 2.67. The van der Waals surface area contributed by atoms with Crippen molar-refractivity contribution in [1.82, 2.24) is 0 Å². The Kier molecular flexibility index (Phi) is 4.21. The molecule has 1 aliphatic rings. The summed E-state index contributed by atoms with van der Waals surface area (Å²) in [5.41, 5.74) is 9.22. The smallest absolute Gasteiger partial charge is 0.457 e. The SMILES string of the molecule is CCOC(=O)C(=[N+]=[N-])C(=O)N1C(=S)C(C)(C)c2ccccc21. The number of esters is 1. The van der Waals surface area contributed by atoms with Gasteiger partial charge < -0.3 is 10.3 Å². The lowest BCUT2D eigenvalue weighted by Crippen LogP contribution is -2.45. The third kappa shape index (κ3) is 2.34. The third-order valence-electron chi connectivity index (χ3n) is 3.53. The number of hydrogen-bond acceptors (Lipinski definition) is 4. The van der Waals surface area contributed by atoms with Gasteiger partial charge in [0, 0.05) is 5.41 Å². The molecule has 1 aromatic carbocycles. The minimum atomic E-state index is -0.986. The number of para-hydroxylation sites is 1. The maximum absolute atomic E-state index is 12.6. The van der Waals surface area contributed by atoms with Crippen LogP contribution in [0.25, 0.3) is 5.53 Å². The molecular formula is C15H15N3O3S. The highest BCUT2D eigenvalue weighted by atomic mass is 32.1. The molecule has 22 heavy (non-hydrogen) atoms. The van der Waals surface area contributed by atoms with Gasteiger partial charge in [-0.05, 0) is 32.4 Å². The number of thiocarbonyl (C=S) groups is 1. The molecule has 1 heterocycles. The van der Waals surface area contributed by atoms with E-state index in [1.54, 1.807) is 19.1 Å². The number of nitrogens with zero attached hydrogens (tertiary/aromatic N) is 3. The molecule has 0 aromatic heterocycles. The van der Waals surface area contributed by atoms with Gasteiger partial charge in [-0.2, -0.15) is 4.79 Å². The molecule has 0 fully saturated rings. The van der Waals surface area contributed by atoms with Crippen molar-refractivity contribution >= 4 is 40.5 Å². The zero-order chi connectivity index (χ0) is 16.5. The molecule has 0 bridgehead atoms. The van der Waals surface area contributed by atoms with Crippen LogP contribution >= 0.6 is 12.2 Å². The molecule has 114 valence electrons. The number of benzene rings is 1. The molecular weight excluding hydrogens is 302 g/mol. The van der Waals surface area contributed by atoms with E-state index < -0.39 is 23.0 Å². The number of carbonyl (C=O) groups excluding carboxylic acids is 2. The first kappa shape index (κ1) is 16.0. The van der Waals surface area contributed by atoms with E-state index in [1.165, 1.54) is 4.90 Å². The highest BCUT2D eigenvalue weighted by molar-refractivity contribution is 7.81. The molecule has 0 saturated heterocycles. The number of ether oxygens (including phenoxy) is 1. The molecule has 1 aromatic rings. The Labute approximate surface area is 133 Å². The second-order valence-electron chi connectivity index (χ2n) is 5.26. The van der Waals surface area contributed by atoms with E-state index in [9.17, 15) is 9.59 Å². The van der Waals surface area contributed by atoms with Crippen molar-refractivity contribution in [1.29, 1.82) is 0 Å². The number of amides is 1. The second kappa shape index (κ2) is 5.79. The van der Waals surface area contributed by atoms with E-state index in [-0.39, 0.29) is 6.61 Å². The van der Waals surface area contributed by atoms with E-state index in [2.05, 4.69) is 4.79 Å². The summed E-state index contributed by atoms with van der Waals surface area (Å²) in [7, 11) is 0. The van der Waals surface area contributed by atoms with Crippen LogP contribution in [-0.4, -0.2) is 34.0 Å². The van der Waals surface area contributed by atoms with Gasteiger partial charge in [0.2, 0.25) is 0 Å². The molecule has 0 unspecified atom stereocenters. The number of rotatable bonds is 3. The van der Waals surface area contributed by atoms with E-state index in [4.69, 9.17) is 22.5 Å². The number of hydrogen-bond donors (Lipinski definition) is 0. The summed E-state index contributed by atoms with van der Waals surface area (Å²) >= 11 is 5.39. The summed E-state index contributed by atoms with van der Waals surface area (Å²) in [5.74, 6) is -1.79. The Balaban J connectivity index is 2.49. The Bertz CT molecular complexity index is 720. The minimum Gasteiger partial charge on any atom is -0.457 e. The van der Waals surface area contributed by atoms with Crippen LogP contribution in [0.4, 0.5) is 5.69 Å². The van der Waals surface area contributed by atoms with Crippen LogP contribution in [0.1, 0.15) is 26.3 Å². The average Bonchev–Trinajstić information content (AvgIpc) is 2.68. The Morgan fingerprint density at radius 2 is 2.00 bits per heavy atom. The van der Waals surface area contributed by atoms with Crippen molar-refractivity contribution in [3.8, 4) is 0 Å². The van der Waals surface area contributed by atoms with Crippen molar-refractivity contribution in [2.75, 3.05) is 11.5 Å². The van der Waals surface area contributed by atoms with Gasteiger partial charge in [0.05, 0.1) is 12.3 Å². The lowest BCUT2D eigenvalue weighted by atomic mass is 9.87. The highest BCUT2D eigenvalue weighted by Gasteiger charge is 2.48. The summed E-state index contributed by atoms with van der Waals surface area (Å²) < 4.78 is 4.73. The van der Waals surface area contributed by atoms with Crippen LogP contribution in [0.3, 0.4) is 0 Å². The highest BCUT2D eigenvalue weighted by Crippen LogP contribution is 2.42. The topological polar surface area (TPSA) is 83.0 Å². The van der Waals surface area contributed by atoms with Crippen LogP contribution in [0.15, 0.2) is 24.3 Å². The normalized spacial score (nSPS) is 15.0. The lowest BCUT2D eigenvalue weighted by Gasteiger charge is -2.20. The Morgan fingerprint density at radius 3 is 2.59 bits per heavy atom. The quantitative estimate of drug-likeness (QED) is 0.213. The standard InChI is InChI=1S/C15H15N3O3S/c1-4-21-13(20)11(17-16)12(19)18-10-8-6-5-7-9(10)15(2,3)14(18)22/h5-8H,4H2,1-3H3. The number of carbonyl (C=O) groups is 2. The molecule has 6 nitrogen and oxygen atoms in total. The molecule has 0 radical (unpaired) electrons. The Morgan fingerprint density at radius 1 is 1.36 bits per heavy atom. The molecule has 0 saturated carbocycles. The molecule has 1 aliphatic heterocycles. The van der Waals surface area contributed by atoms with Crippen molar-refractivity contribution in [2.24, 2.45) is 0 Å². The fourth-order valence-electron chi connectivity index (χ4n) is 2.38. The van der Waals surface area contributed by atoms with E-state index >= 15 is 0 Å². The molecule has 0 aliphatic carbocycles. The van der Waals surface area contributed by atoms with E-state index in [1.807, 2.05) is 26.0 Å². The van der Waals surface area contributed by atoms with Gasteiger partial charge in [-0.15, -0.1) is 0 Å². The van der Waals surface area contributed by atoms with Gasteiger partial charge in [0.1, 0.15) is 4.99 Å². The number of fused-ring (bicyclic) bond motifs is 1. The average molecular weight is 317 g/mol. The summed E-state index contributed by atoms with van der Waals surface area (Å²) in [6, 6.07) is 7.22. The third-order valence-corrected chi connectivity index (χ3v) is 4.22. The van der Waals surface area contributed by atoms with Gasteiger partial charge in [0.25, 0.3) is 0 Å². The molecule has 7 heteroatoms. The zero-order valence-corrected chi connectivity index (χ0v) is 13.3. The maximum atomic E-state index is 12.6. The zero-order valence-electron chi connectivity index (χ0n) is 12.5. The lowest BCUT2D eigenvalue weighted by molar-refractivity contribution is -0.141. The molecule has 2 rings (SSSR count). The first-order chi connectivity index (χ1) is 10.4. The predicted molar refractivity (Wildman–Crippen MR) is 84.8 cm³/mol. The second-order valence-corrected chi connectivity index (χ2v) is 5.64. The van der Waals surface area contributed by atoms with Gasteiger partial charge in [-0.1, -0.05) is 30.4 Å². The first-order valence-electron chi connectivity index (χ1n) is 6.73. The summed E-state index contributed by atoms with van der Waals surface area (Å²) in [4.78, 5) is 28.7. The summed E-state index contributed by atoms with van der Waals surface area (Å²) in [5, 5.41) is 0. The van der Waals surface area contributed by atoms with Gasteiger partial charge in [0.15, 0.2) is 0 Å².